The molecule has 0 radical (unpaired) electrons. The van der Waals surface area contributed by atoms with E-state index in [9.17, 15) is 19.5 Å². The number of aryl methyl sites for hydroxylation is 1. The molecule has 136 valence electrons. The maximum absolute atomic E-state index is 12.6. The number of hydrogen-bond acceptors (Lipinski definition) is 5. The van der Waals surface area contributed by atoms with Crippen LogP contribution in [-0.2, 0) is 18.9 Å². The van der Waals surface area contributed by atoms with Crippen molar-refractivity contribution in [1.82, 2.24) is 23.6 Å². The minimum Gasteiger partial charge on any atom is -0.386 e. The van der Waals surface area contributed by atoms with Crippen LogP contribution in [0, 0.1) is 0 Å². The van der Waals surface area contributed by atoms with Crippen molar-refractivity contribution in [3.05, 3.63) is 27.2 Å². The number of carbonyl (C=O) groups is 1. The van der Waals surface area contributed by atoms with Crippen LogP contribution in [0.15, 0.2) is 15.9 Å². The Morgan fingerprint density at radius 3 is 2.64 bits per heavy atom. The van der Waals surface area contributed by atoms with E-state index in [1.807, 2.05) is 0 Å². The van der Waals surface area contributed by atoms with E-state index in [1.54, 1.807) is 30.4 Å². The summed E-state index contributed by atoms with van der Waals surface area (Å²) in [6, 6.07) is -0.413. The Balaban J connectivity index is 2.11. The van der Waals surface area contributed by atoms with Gasteiger partial charge in [0.1, 0.15) is 5.60 Å². The summed E-state index contributed by atoms with van der Waals surface area (Å²) < 4.78 is 3.99. The molecule has 0 saturated carbocycles. The maximum Gasteiger partial charge on any atom is 0.332 e. The molecule has 0 aliphatic carbocycles. The normalized spacial score (nSPS) is 24.0. The minimum absolute atomic E-state index is 0.00692. The van der Waals surface area contributed by atoms with Crippen LogP contribution in [0.25, 0.3) is 11.2 Å². The molecule has 9 nitrogen and oxygen atoms in total. The van der Waals surface area contributed by atoms with E-state index in [2.05, 4.69) is 4.98 Å². The highest BCUT2D eigenvalue weighted by atomic mass is 16.3. The standard InChI is InChI=1S/C16H23N5O4/c1-5-11(22)20-7-6-10(16(2,25)8-20)21-9-17-13-12(21)14(23)19(4)15(24)18(13)3/h9-10,25H,5-8H2,1-4H3/t10-,16-/m1/s1. The molecule has 1 saturated heterocycles. The summed E-state index contributed by atoms with van der Waals surface area (Å²) in [6.07, 6.45) is 2.37. The fourth-order valence-electron chi connectivity index (χ4n) is 3.64. The van der Waals surface area contributed by atoms with E-state index in [1.165, 1.54) is 17.9 Å². The Bertz CT molecular complexity index is 952. The minimum atomic E-state index is -1.21. The SMILES string of the molecule is CCC(=O)N1CC[C@@H](n2cnc3c2c(=O)n(C)c(=O)n3C)[C@](C)(O)C1. The third-order valence-corrected chi connectivity index (χ3v) is 5.07. The number of aromatic nitrogens is 4. The van der Waals surface area contributed by atoms with Gasteiger partial charge < -0.3 is 14.6 Å². The summed E-state index contributed by atoms with van der Waals surface area (Å²) in [4.78, 5) is 42.4. The lowest BCUT2D eigenvalue weighted by molar-refractivity contribution is -0.140. The molecule has 0 unspecified atom stereocenters. The number of hydrogen-bond donors (Lipinski definition) is 1. The molecule has 1 fully saturated rings. The molecular weight excluding hydrogens is 326 g/mol. The monoisotopic (exact) mass is 349 g/mol. The van der Waals surface area contributed by atoms with Gasteiger partial charge in [-0.3, -0.25) is 18.7 Å². The van der Waals surface area contributed by atoms with Gasteiger partial charge in [0.2, 0.25) is 5.91 Å². The molecule has 2 aromatic heterocycles. The van der Waals surface area contributed by atoms with Crippen LogP contribution in [0.5, 0.6) is 0 Å². The highest BCUT2D eigenvalue weighted by Gasteiger charge is 2.41. The van der Waals surface area contributed by atoms with Gasteiger partial charge in [-0.05, 0) is 13.3 Å². The first-order valence-corrected chi connectivity index (χ1v) is 8.31. The second-order valence-corrected chi connectivity index (χ2v) is 6.86. The zero-order chi connectivity index (χ0) is 18.5. The number of rotatable bonds is 2. The molecule has 0 aromatic carbocycles. The third-order valence-electron chi connectivity index (χ3n) is 5.07. The lowest BCUT2D eigenvalue weighted by atomic mass is 9.88. The predicted molar refractivity (Wildman–Crippen MR) is 91.4 cm³/mol. The number of imidazole rings is 1. The maximum atomic E-state index is 12.6. The van der Waals surface area contributed by atoms with Gasteiger partial charge in [-0.15, -0.1) is 0 Å². The molecule has 0 spiro atoms. The first kappa shape index (κ1) is 17.4. The Morgan fingerprint density at radius 1 is 1.36 bits per heavy atom. The molecule has 1 aliphatic rings. The quantitative estimate of drug-likeness (QED) is 0.778. The zero-order valence-corrected chi connectivity index (χ0v) is 14.9. The van der Waals surface area contributed by atoms with E-state index < -0.39 is 22.9 Å². The Kier molecular flexibility index (Phi) is 4.06. The van der Waals surface area contributed by atoms with Crippen molar-refractivity contribution in [3.63, 3.8) is 0 Å². The number of piperidine rings is 1. The van der Waals surface area contributed by atoms with Crippen molar-refractivity contribution in [2.24, 2.45) is 14.1 Å². The number of likely N-dealkylation sites (tertiary alicyclic amines) is 1. The molecular formula is C16H23N5O4. The van der Waals surface area contributed by atoms with E-state index in [4.69, 9.17) is 0 Å². The van der Waals surface area contributed by atoms with Crippen LogP contribution in [0.3, 0.4) is 0 Å². The molecule has 3 heterocycles. The fourth-order valence-corrected chi connectivity index (χ4v) is 3.64. The smallest absolute Gasteiger partial charge is 0.332 e. The van der Waals surface area contributed by atoms with Crippen molar-refractivity contribution in [1.29, 1.82) is 0 Å². The molecule has 2 aromatic rings. The zero-order valence-electron chi connectivity index (χ0n) is 14.9. The van der Waals surface area contributed by atoms with Gasteiger partial charge >= 0.3 is 5.69 Å². The predicted octanol–water partition coefficient (Wildman–Crippen LogP) is -0.632. The molecule has 1 aliphatic heterocycles. The van der Waals surface area contributed by atoms with E-state index in [0.717, 1.165) is 4.57 Å². The summed E-state index contributed by atoms with van der Waals surface area (Å²) in [7, 11) is 2.98. The fraction of sp³-hybridized carbons (Fsp3) is 0.625. The summed E-state index contributed by atoms with van der Waals surface area (Å²) in [5.41, 5.74) is -1.53. The van der Waals surface area contributed by atoms with Crippen molar-refractivity contribution in [2.75, 3.05) is 13.1 Å². The number of fused-ring (bicyclic) bond motifs is 1. The highest BCUT2D eigenvalue weighted by Crippen LogP contribution is 2.33. The van der Waals surface area contributed by atoms with E-state index in [-0.39, 0.29) is 23.6 Å². The molecule has 1 N–H and O–H groups in total. The average molecular weight is 349 g/mol. The van der Waals surface area contributed by atoms with Crippen LogP contribution in [0.1, 0.15) is 32.7 Å². The second kappa shape index (κ2) is 5.83. The van der Waals surface area contributed by atoms with Crippen molar-refractivity contribution >= 4 is 17.1 Å². The number of nitrogens with zero attached hydrogens (tertiary/aromatic N) is 5. The van der Waals surface area contributed by atoms with Gasteiger partial charge in [0.25, 0.3) is 5.56 Å². The Hall–Kier alpha value is -2.42. The topological polar surface area (TPSA) is 102 Å². The Labute approximate surface area is 144 Å². The van der Waals surface area contributed by atoms with Crippen LogP contribution in [0.2, 0.25) is 0 Å². The summed E-state index contributed by atoms with van der Waals surface area (Å²) >= 11 is 0. The van der Waals surface area contributed by atoms with Crippen molar-refractivity contribution in [2.45, 2.75) is 38.3 Å². The van der Waals surface area contributed by atoms with Gasteiger partial charge in [0, 0.05) is 27.1 Å². The lowest BCUT2D eigenvalue weighted by Crippen LogP contribution is -2.54. The number of β-amino-alcohol motifs (C(OH)–C–C–N with tert-alkyl or cyclic N) is 1. The molecule has 3 rings (SSSR count). The number of amides is 1. The van der Waals surface area contributed by atoms with Gasteiger partial charge in [0.05, 0.1) is 18.9 Å². The van der Waals surface area contributed by atoms with Gasteiger partial charge in [-0.1, -0.05) is 6.92 Å². The largest absolute Gasteiger partial charge is 0.386 e. The molecule has 1 amide bonds. The van der Waals surface area contributed by atoms with Gasteiger partial charge in [-0.25, -0.2) is 9.78 Å². The highest BCUT2D eigenvalue weighted by molar-refractivity contribution is 5.76. The summed E-state index contributed by atoms with van der Waals surface area (Å²) in [5, 5.41) is 10.9. The van der Waals surface area contributed by atoms with Gasteiger partial charge in [-0.2, -0.15) is 0 Å². The van der Waals surface area contributed by atoms with Crippen LogP contribution in [-0.4, -0.2) is 53.3 Å². The Morgan fingerprint density at radius 2 is 2.04 bits per heavy atom. The van der Waals surface area contributed by atoms with Crippen LogP contribution >= 0.6 is 0 Å². The van der Waals surface area contributed by atoms with Gasteiger partial charge in [0.15, 0.2) is 11.2 Å². The first-order valence-electron chi connectivity index (χ1n) is 8.31. The number of aliphatic hydroxyl groups is 1. The van der Waals surface area contributed by atoms with Crippen molar-refractivity contribution in [3.8, 4) is 0 Å². The van der Waals surface area contributed by atoms with E-state index >= 15 is 0 Å². The van der Waals surface area contributed by atoms with Crippen molar-refractivity contribution < 1.29 is 9.90 Å². The average Bonchev–Trinajstić information content (AvgIpc) is 3.01. The summed E-state index contributed by atoms with van der Waals surface area (Å²) in [5.74, 6) is -0.00692. The molecule has 9 heteroatoms. The number of carbonyl (C=O) groups excluding carboxylic acids is 1. The third kappa shape index (κ3) is 2.58. The van der Waals surface area contributed by atoms with E-state index in [0.29, 0.717) is 19.4 Å². The molecule has 25 heavy (non-hydrogen) atoms. The molecule has 2 atom stereocenters. The first-order chi connectivity index (χ1) is 11.7. The summed E-state index contributed by atoms with van der Waals surface area (Å²) in [6.45, 7) is 4.14. The molecule has 0 bridgehead atoms. The lowest BCUT2D eigenvalue weighted by Gasteiger charge is -2.43. The second-order valence-electron chi connectivity index (χ2n) is 6.86. The van der Waals surface area contributed by atoms with Crippen LogP contribution < -0.4 is 11.2 Å². The van der Waals surface area contributed by atoms with Crippen LogP contribution in [0.4, 0.5) is 0 Å².